The highest BCUT2D eigenvalue weighted by atomic mass is 19.3. The molecular formula is C27H28F2N10O2. The molecule has 1 saturated carbocycles. The molecule has 41 heavy (non-hydrogen) atoms. The molecule has 2 fully saturated rings. The lowest BCUT2D eigenvalue weighted by Gasteiger charge is -2.62. The molecule has 1 saturated heterocycles. The van der Waals surface area contributed by atoms with Crippen LogP contribution in [0.3, 0.4) is 0 Å². The average molecular weight is 563 g/mol. The summed E-state index contributed by atoms with van der Waals surface area (Å²) in [6.07, 6.45) is 2.27. The Morgan fingerprint density at radius 2 is 2.02 bits per heavy atom. The van der Waals surface area contributed by atoms with Crippen molar-refractivity contribution in [3.8, 4) is 17.5 Å². The number of tetrazole rings is 1. The maximum atomic E-state index is 13.4. The summed E-state index contributed by atoms with van der Waals surface area (Å²) >= 11 is 0. The quantitative estimate of drug-likeness (QED) is 0.346. The molecule has 0 unspecified atom stereocenters. The normalized spacial score (nSPS) is 17.4. The Kier molecular flexibility index (Phi) is 6.04. The predicted octanol–water partition coefficient (Wildman–Crippen LogP) is 3.09. The summed E-state index contributed by atoms with van der Waals surface area (Å²) in [6.45, 7) is 6.74. The summed E-state index contributed by atoms with van der Waals surface area (Å²) in [5.41, 5.74) is 0.567. The number of hydrogen-bond acceptors (Lipinski definition) is 9. The highest BCUT2D eigenvalue weighted by Crippen LogP contribution is 2.56. The molecule has 0 atom stereocenters. The molecular weight excluding hydrogens is 534 g/mol. The molecule has 4 aromatic rings. The fourth-order valence-electron chi connectivity index (χ4n) is 5.70. The Bertz CT molecular complexity index is 1690. The van der Waals surface area contributed by atoms with E-state index in [-0.39, 0.29) is 30.7 Å². The Hall–Kier alpha value is -4.51. The first-order valence-corrected chi connectivity index (χ1v) is 13.1. The van der Waals surface area contributed by atoms with E-state index in [4.69, 9.17) is 0 Å². The number of anilines is 2. The third-order valence-corrected chi connectivity index (χ3v) is 7.82. The summed E-state index contributed by atoms with van der Waals surface area (Å²) in [5, 5.41) is 38.9. The van der Waals surface area contributed by atoms with Gasteiger partial charge in [-0.3, -0.25) is 9.78 Å². The first kappa shape index (κ1) is 26.7. The highest BCUT2D eigenvalue weighted by Gasteiger charge is 2.63. The molecule has 12 nitrogen and oxygen atoms in total. The summed E-state index contributed by atoms with van der Waals surface area (Å²) in [4.78, 5) is 21.1. The van der Waals surface area contributed by atoms with Crippen LogP contribution in [0.4, 0.5) is 20.2 Å². The Morgan fingerprint density at radius 3 is 2.73 bits per heavy atom. The molecule has 0 radical (unpaired) electrons. The summed E-state index contributed by atoms with van der Waals surface area (Å²) in [7, 11) is 0. The summed E-state index contributed by atoms with van der Waals surface area (Å²) in [6, 6.07) is 7.63. The van der Waals surface area contributed by atoms with Crippen LogP contribution in [0.2, 0.25) is 0 Å². The number of aliphatic hydroxyl groups is 1. The van der Waals surface area contributed by atoms with E-state index >= 15 is 0 Å². The topological polar surface area (TPSA) is 150 Å². The Labute approximate surface area is 233 Å². The second-order valence-corrected chi connectivity index (χ2v) is 11.8. The van der Waals surface area contributed by atoms with E-state index in [0.29, 0.717) is 46.9 Å². The van der Waals surface area contributed by atoms with Crippen LogP contribution in [0.25, 0.3) is 16.9 Å². The molecule has 1 aliphatic carbocycles. The second-order valence-electron chi connectivity index (χ2n) is 11.8. The molecule has 2 N–H and O–H groups in total. The molecule has 5 heterocycles. The molecule has 6 rings (SSSR count). The van der Waals surface area contributed by atoms with Crippen LogP contribution in [0, 0.1) is 29.1 Å². The van der Waals surface area contributed by atoms with Crippen LogP contribution in [0.15, 0.2) is 36.8 Å². The lowest BCUT2D eigenvalue weighted by Crippen LogP contribution is -2.70. The minimum Gasteiger partial charge on any atom is -0.384 e. The van der Waals surface area contributed by atoms with Crippen LogP contribution < -0.4 is 10.2 Å². The zero-order valence-corrected chi connectivity index (χ0v) is 22.7. The molecule has 4 aromatic heterocycles. The second kappa shape index (κ2) is 9.27. The minimum absolute atomic E-state index is 0.0902. The van der Waals surface area contributed by atoms with Gasteiger partial charge in [0.15, 0.2) is 0 Å². The van der Waals surface area contributed by atoms with Gasteiger partial charge in [-0.15, -0.1) is 10.2 Å². The number of carbonyl (C=O) groups excluding carboxylic acids is 1. The van der Waals surface area contributed by atoms with Gasteiger partial charge < -0.3 is 15.3 Å². The molecule has 1 amide bonds. The van der Waals surface area contributed by atoms with Gasteiger partial charge in [0.05, 0.1) is 46.7 Å². The number of nitrogens with zero attached hydrogens (tertiary/aromatic N) is 9. The lowest BCUT2D eigenvalue weighted by molar-refractivity contribution is -0.209. The average Bonchev–Trinajstić information content (AvgIpc) is 3.53. The van der Waals surface area contributed by atoms with Gasteiger partial charge in [-0.25, -0.2) is 13.3 Å². The van der Waals surface area contributed by atoms with Gasteiger partial charge in [-0.2, -0.15) is 15.2 Å². The van der Waals surface area contributed by atoms with E-state index in [2.05, 4.69) is 41.8 Å². The molecule has 1 spiro atoms. The number of aryl methyl sites for hydroxylation is 1. The third kappa shape index (κ3) is 4.76. The number of amides is 1. The van der Waals surface area contributed by atoms with E-state index in [0.717, 1.165) is 5.69 Å². The van der Waals surface area contributed by atoms with Gasteiger partial charge in [0.2, 0.25) is 5.82 Å². The number of alkyl halides is 2. The molecule has 14 heteroatoms. The van der Waals surface area contributed by atoms with Crippen molar-refractivity contribution >= 4 is 22.8 Å². The van der Waals surface area contributed by atoms with Crippen LogP contribution >= 0.6 is 0 Å². The molecule has 0 bridgehead atoms. The number of rotatable bonds is 7. The Morgan fingerprint density at radius 1 is 1.27 bits per heavy atom. The van der Waals surface area contributed by atoms with Crippen LogP contribution in [0.1, 0.15) is 42.7 Å². The number of pyridine rings is 2. The van der Waals surface area contributed by atoms with E-state index in [1.54, 1.807) is 43.7 Å². The summed E-state index contributed by atoms with van der Waals surface area (Å²) in [5.74, 6) is -0.0687. The van der Waals surface area contributed by atoms with Crippen molar-refractivity contribution in [1.29, 1.82) is 5.26 Å². The van der Waals surface area contributed by atoms with Gasteiger partial charge in [0, 0.05) is 42.1 Å². The number of aromatic nitrogens is 7. The molecule has 0 aromatic carbocycles. The van der Waals surface area contributed by atoms with E-state index < -0.39 is 17.4 Å². The zero-order valence-electron chi connectivity index (χ0n) is 22.7. The first-order valence-electron chi connectivity index (χ1n) is 13.1. The summed E-state index contributed by atoms with van der Waals surface area (Å²) < 4.78 is 27.7. The van der Waals surface area contributed by atoms with Crippen molar-refractivity contribution in [3.63, 3.8) is 0 Å². The number of nitriles is 1. The fraction of sp³-hybridized carbons (Fsp3) is 0.444. The number of hydrogen-bond donors (Lipinski definition) is 2. The van der Waals surface area contributed by atoms with Gasteiger partial charge in [-0.1, -0.05) is 0 Å². The molecule has 1 aliphatic heterocycles. The van der Waals surface area contributed by atoms with Crippen LogP contribution in [-0.4, -0.2) is 70.9 Å². The fourth-order valence-corrected chi connectivity index (χ4v) is 5.70. The van der Waals surface area contributed by atoms with Crippen molar-refractivity contribution < 1.29 is 18.7 Å². The van der Waals surface area contributed by atoms with E-state index in [9.17, 15) is 23.9 Å². The van der Waals surface area contributed by atoms with Crippen LogP contribution in [0.5, 0.6) is 0 Å². The van der Waals surface area contributed by atoms with Crippen molar-refractivity contribution in [1.82, 2.24) is 34.8 Å². The van der Waals surface area contributed by atoms with Gasteiger partial charge >= 0.3 is 0 Å². The number of carbonyl (C=O) groups is 1. The van der Waals surface area contributed by atoms with Gasteiger partial charge in [-0.05, 0) is 57.0 Å². The largest absolute Gasteiger partial charge is 0.384 e. The van der Waals surface area contributed by atoms with E-state index in [1.165, 1.54) is 11.0 Å². The highest BCUT2D eigenvalue weighted by molar-refractivity contribution is 6.09. The monoisotopic (exact) mass is 562 g/mol. The standard InChI is InChI=1S/C27H28F2N10O2/c1-16-20(6-17(8-31-16)22-34-36-39(35-22)13-25(2,3)12-30)33-23(40)19-9-32-38-5-4-18(7-21(19)38)37-14-26(15-37)10-27(41,11-26)24(28)29/h4-9,24,41H,10-11,13-15H2,1-3H3,(H,33,40). The maximum Gasteiger partial charge on any atom is 0.266 e. The van der Waals surface area contributed by atoms with E-state index in [1.807, 2.05) is 12.1 Å². The SMILES string of the molecule is Cc1ncc(-c2nnn(CC(C)(C)C#N)n2)cc1NC(=O)c1cnn2ccc(N3CC4(C3)CC(O)(C(F)F)C4)cc12. The van der Waals surface area contributed by atoms with Crippen molar-refractivity contribution in [2.24, 2.45) is 10.8 Å². The molecule has 212 valence electrons. The number of halogens is 2. The lowest BCUT2D eigenvalue weighted by atomic mass is 9.55. The zero-order chi connectivity index (χ0) is 29.2. The molecule has 2 aliphatic rings. The Balaban J connectivity index is 1.18. The smallest absolute Gasteiger partial charge is 0.266 e. The van der Waals surface area contributed by atoms with Gasteiger partial charge in [0.25, 0.3) is 12.3 Å². The van der Waals surface area contributed by atoms with Crippen molar-refractivity contribution in [2.75, 3.05) is 23.3 Å². The third-order valence-electron chi connectivity index (χ3n) is 7.82. The first-order chi connectivity index (χ1) is 19.4. The van der Waals surface area contributed by atoms with Crippen molar-refractivity contribution in [3.05, 3.63) is 48.0 Å². The van der Waals surface area contributed by atoms with Gasteiger partial charge in [0.1, 0.15) is 5.60 Å². The maximum absolute atomic E-state index is 13.4. The van der Waals surface area contributed by atoms with Crippen LogP contribution in [-0.2, 0) is 6.54 Å². The number of fused-ring (bicyclic) bond motifs is 1. The number of nitrogens with one attached hydrogen (secondary N) is 1. The predicted molar refractivity (Wildman–Crippen MR) is 143 cm³/mol. The minimum atomic E-state index is -2.74. The van der Waals surface area contributed by atoms with Crippen molar-refractivity contribution in [2.45, 2.75) is 52.2 Å².